The van der Waals surface area contributed by atoms with Crippen molar-refractivity contribution < 1.29 is 9.53 Å². The van der Waals surface area contributed by atoms with Crippen LogP contribution in [0.1, 0.15) is 55.0 Å². The Balaban J connectivity index is 1.88. The molecule has 0 aromatic carbocycles. The molecule has 0 saturated heterocycles. The van der Waals surface area contributed by atoms with Crippen LogP contribution in [-0.2, 0) is 11.2 Å². The standard InChI is InChI=1S/C16H22N2O2S/c1-16(2,3)20-15(19)18-7-6-13-12(8-11(9-17)21-13)14(18)10-4-5-10/h8-10,14,17H,4-7H2,1-3H3. The smallest absolute Gasteiger partial charge is 0.410 e. The summed E-state index contributed by atoms with van der Waals surface area (Å²) >= 11 is 1.69. The Bertz CT molecular complexity index is 569. The summed E-state index contributed by atoms with van der Waals surface area (Å²) in [5.41, 5.74) is 0.790. The van der Waals surface area contributed by atoms with E-state index < -0.39 is 5.60 Å². The highest BCUT2D eigenvalue weighted by molar-refractivity contribution is 7.13. The van der Waals surface area contributed by atoms with Gasteiger partial charge in [0.05, 0.1) is 6.04 Å². The highest BCUT2D eigenvalue weighted by atomic mass is 32.1. The van der Waals surface area contributed by atoms with E-state index in [4.69, 9.17) is 10.1 Å². The Morgan fingerprint density at radius 3 is 2.76 bits per heavy atom. The summed E-state index contributed by atoms with van der Waals surface area (Å²) in [5, 5.41) is 7.45. The molecule has 21 heavy (non-hydrogen) atoms. The normalized spacial score (nSPS) is 21.9. The molecule has 1 aromatic heterocycles. The van der Waals surface area contributed by atoms with Crippen molar-refractivity contribution in [3.05, 3.63) is 21.4 Å². The molecule has 1 aliphatic heterocycles. The summed E-state index contributed by atoms with van der Waals surface area (Å²) in [5.74, 6) is 0.560. The van der Waals surface area contributed by atoms with Crippen molar-refractivity contribution >= 4 is 23.6 Å². The van der Waals surface area contributed by atoms with Gasteiger partial charge in [-0.05, 0) is 57.6 Å². The lowest BCUT2D eigenvalue weighted by atomic mass is 9.96. The fourth-order valence-electron chi connectivity index (χ4n) is 2.96. The minimum atomic E-state index is -0.458. The number of hydrogen-bond acceptors (Lipinski definition) is 4. The van der Waals surface area contributed by atoms with E-state index in [9.17, 15) is 4.79 Å². The molecule has 1 atom stereocenters. The maximum Gasteiger partial charge on any atom is 0.410 e. The van der Waals surface area contributed by atoms with Gasteiger partial charge in [-0.3, -0.25) is 0 Å². The van der Waals surface area contributed by atoms with Crippen LogP contribution in [0.5, 0.6) is 0 Å². The Hall–Kier alpha value is -1.36. The molecule has 114 valence electrons. The first kappa shape index (κ1) is 14.6. The first-order valence-corrected chi connectivity index (χ1v) is 8.33. The molecule has 0 radical (unpaired) electrons. The topological polar surface area (TPSA) is 53.4 Å². The first-order valence-electron chi connectivity index (χ1n) is 7.52. The lowest BCUT2D eigenvalue weighted by molar-refractivity contribution is 0.0118. The monoisotopic (exact) mass is 306 g/mol. The molecule has 0 spiro atoms. The van der Waals surface area contributed by atoms with Crippen molar-refractivity contribution in [3.63, 3.8) is 0 Å². The van der Waals surface area contributed by atoms with Gasteiger partial charge in [0.15, 0.2) is 0 Å². The molecule has 2 aliphatic rings. The fraction of sp³-hybridized carbons (Fsp3) is 0.625. The van der Waals surface area contributed by atoms with Crippen LogP contribution in [0.4, 0.5) is 4.79 Å². The first-order chi connectivity index (χ1) is 9.89. The largest absolute Gasteiger partial charge is 0.444 e. The number of thiophene rings is 1. The average Bonchev–Trinajstić information content (AvgIpc) is 3.13. The molecule has 1 aliphatic carbocycles. The molecule has 1 saturated carbocycles. The zero-order chi connectivity index (χ0) is 15.2. The van der Waals surface area contributed by atoms with Gasteiger partial charge >= 0.3 is 6.09 Å². The van der Waals surface area contributed by atoms with E-state index in [2.05, 4.69) is 6.07 Å². The highest BCUT2D eigenvalue weighted by Gasteiger charge is 2.43. The third-order valence-corrected chi connectivity index (χ3v) is 5.09. The van der Waals surface area contributed by atoms with Gasteiger partial charge in [0.25, 0.3) is 0 Å². The van der Waals surface area contributed by atoms with E-state index in [-0.39, 0.29) is 12.1 Å². The molecule has 1 fully saturated rings. The zero-order valence-corrected chi connectivity index (χ0v) is 13.6. The maximum absolute atomic E-state index is 12.5. The molecule has 0 bridgehead atoms. The number of carbonyl (C=O) groups excluding carboxylic acids is 1. The number of nitrogens with one attached hydrogen (secondary N) is 1. The second kappa shape index (κ2) is 5.13. The van der Waals surface area contributed by atoms with Crippen LogP contribution < -0.4 is 0 Å². The van der Waals surface area contributed by atoms with Crippen LogP contribution in [0.2, 0.25) is 0 Å². The Labute approximate surface area is 129 Å². The van der Waals surface area contributed by atoms with Gasteiger partial charge in [0.1, 0.15) is 5.60 Å². The summed E-state index contributed by atoms with van der Waals surface area (Å²) in [6.45, 7) is 6.44. The number of carbonyl (C=O) groups is 1. The third kappa shape index (κ3) is 2.98. The average molecular weight is 306 g/mol. The van der Waals surface area contributed by atoms with E-state index in [1.54, 1.807) is 11.3 Å². The molecule has 1 N–H and O–H groups in total. The van der Waals surface area contributed by atoms with Crippen LogP contribution in [0, 0.1) is 11.3 Å². The van der Waals surface area contributed by atoms with E-state index in [1.807, 2.05) is 25.7 Å². The number of fused-ring (bicyclic) bond motifs is 1. The van der Waals surface area contributed by atoms with Gasteiger partial charge in [-0.15, -0.1) is 11.3 Å². The summed E-state index contributed by atoms with van der Waals surface area (Å²) in [6, 6.07) is 2.24. The fourth-order valence-corrected chi connectivity index (χ4v) is 3.98. The quantitative estimate of drug-likeness (QED) is 0.840. The second-order valence-corrected chi connectivity index (χ2v) is 8.05. The molecule has 5 heteroatoms. The van der Waals surface area contributed by atoms with Gasteiger partial charge in [0.2, 0.25) is 0 Å². The Kier molecular flexibility index (Phi) is 3.56. The number of nitrogens with zero attached hydrogens (tertiary/aromatic N) is 1. The molecular weight excluding hydrogens is 284 g/mol. The summed E-state index contributed by atoms with van der Waals surface area (Å²) < 4.78 is 5.58. The van der Waals surface area contributed by atoms with E-state index in [0.717, 1.165) is 17.8 Å². The second-order valence-electron chi connectivity index (χ2n) is 6.88. The van der Waals surface area contributed by atoms with Gasteiger partial charge in [-0.1, -0.05) is 0 Å². The molecule has 4 nitrogen and oxygen atoms in total. The van der Waals surface area contributed by atoms with Crippen molar-refractivity contribution in [2.75, 3.05) is 6.54 Å². The van der Waals surface area contributed by atoms with Gasteiger partial charge in [-0.2, -0.15) is 0 Å². The minimum Gasteiger partial charge on any atom is -0.444 e. The number of amides is 1. The lowest BCUT2D eigenvalue weighted by Gasteiger charge is -2.37. The van der Waals surface area contributed by atoms with Crippen molar-refractivity contribution in [1.29, 1.82) is 5.41 Å². The molecular formula is C16H22N2O2S. The van der Waals surface area contributed by atoms with E-state index in [0.29, 0.717) is 5.92 Å². The van der Waals surface area contributed by atoms with E-state index in [1.165, 1.54) is 29.5 Å². The predicted octanol–water partition coefficient (Wildman–Crippen LogP) is 3.99. The number of ether oxygens (including phenoxy) is 1. The maximum atomic E-state index is 12.5. The number of rotatable bonds is 2. The van der Waals surface area contributed by atoms with Crippen molar-refractivity contribution in [2.24, 2.45) is 5.92 Å². The van der Waals surface area contributed by atoms with Crippen LogP contribution >= 0.6 is 11.3 Å². The zero-order valence-electron chi connectivity index (χ0n) is 12.8. The van der Waals surface area contributed by atoms with Crippen LogP contribution in [-0.4, -0.2) is 29.4 Å². The van der Waals surface area contributed by atoms with Crippen molar-refractivity contribution in [2.45, 2.75) is 51.7 Å². The summed E-state index contributed by atoms with van der Waals surface area (Å²) in [4.78, 5) is 16.7. The third-order valence-electron chi connectivity index (χ3n) is 3.93. The van der Waals surface area contributed by atoms with E-state index >= 15 is 0 Å². The van der Waals surface area contributed by atoms with Gasteiger partial charge in [-0.25, -0.2) is 4.79 Å². The summed E-state index contributed by atoms with van der Waals surface area (Å²) in [7, 11) is 0. The molecule has 1 amide bonds. The van der Waals surface area contributed by atoms with Crippen LogP contribution in [0.15, 0.2) is 6.07 Å². The number of hydrogen-bond donors (Lipinski definition) is 1. The summed E-state index contributed by atoms with van der Waals surface area (Å²) in [6.07, 6.45) is 4.44. The Morgan fingerprint density at radius 1 is 1.48 bits per heavy atom. The SMILES string of the molecule is CC(C)(C)OC(=O)N1CCc2sc(C=N)cc2C1C1CC1. The Morgan fingerprint density at radius 2 is 2.19 bits per heavy atom. The molecule has 3 rings (SSSR count). The lowest BCUT2D eigenvalue weighted by Crippen LogP contribution is -2.43. The van der Waals surface area contributed by atoms with Crippen LogP contribution in [0.3, 0.4) is 0 Å². The predicted molar refractivity (Wildman–Crippen MR) is 84.3 cm³/mol. The molecule has 1 unspecified atom stereocenters. The van der Waals surface area contributed by atoms with Crippen LogP contribution in [0.25, 0.3) is 0 Å². The van der Waals surface area contributed by atoms with Gasteiger partial charge < -0.3 is 15.0 Å². The minimum absolute atomic E-state index is 0.147. The molecule has 2 heterocycles. The van der Waals surface area contributed by atoms with Crippen molar-refractivity contribution in [1.82, 2.24) is 4.90 Å². The van der Waals surface area contributed by atoms with Crippen molar-refractivity contribution in [3.8, 4) is 0 Å². The van der Waals surface area contributed by atoms with Gasteiger partial charge in [0, 0.05) is 22.5 Å². The molecule has 1 aromatic rings. The highest BCUT2D eigenvalue weighted by Crippen LogP contribution is 2.49.